The Morgan fingerprint density at radius 3 is 2.83 bits per heavy atom. The molecular weight excluding hydrogens is 518 g/mol. The van der Waals surface area contributed by atoms with Gasteiger partial charge in [-0.2, -0.15) is 0 Å². The zero-order valence-electron chi connectivity index (χ0n) is 23.5. The summed E-state index contributed by atoms with van der Waals surface area (Å²) in [4.78, 5) is 39.6. The molecule has 4 aliphatic rings. The normalized spacial score (nSPS) is 31.6. The Kier molecular flexibility index (Phi) is 7.58. The van der Waals surface area contributed by atoms with Crippen LogP contribution in [-0.2, 0) is 29.3 Å². The number of likely N-dealkylation sites (N-methyl/N-ethyl adjacent to an activating group) is 1. The van der Waals surface area contributed by atoms with Gasteiger partial charge in [-0.05, 0) is 77.9 Å². The quantitative estimate of drug-likeness (QED) is 0.360. The molecule has 1 aliphatic carbocycles. The second-order valence-corrected chi connectivity index (χ2v) is 11.5. The highest BCUT2D eigenvalue weighted by molar-refractivity contribution is 5.83. The lowest BCUT2D eigenvalue weighted by atomic mass is 9.54. The van der Waals surface area contributed by atoms with E-state index in [1.54, 1.807) is 18.2 Å². The third-order valence-electron chi connectivity index (χ3n) is 9.19. The fourth-order valence-electron chi connectivity index (χ4n) is 6.83. The van der Waals surface area contributed by atoms with E-state index < -0.39 is 35.2 Å². The molecule has 4 N–H and O–H groups in total. The molecule has 0 bridgehead atoms. The van der Waals surface area contributed by atoms with Crippen LogP contribution in [0.1, 0.15) is 57.1 Å². The van der Waals surface area contributed by atoms with Gasteiger partial charge in [-0.15, -0.1) is 0 Å². The number of hydrogen-bond donors (Lipinski definition) is 4. The second-order valence-electron chi connectivity index (χ2n) is 11.5. The van der Waals surface area contributed by atoms with Crippen molar-refractivity contribution in [3.05, 3.63) is 35.1 Å². The molecule has 6 atom stereocenters. The number of rotatable bonds is 7. The summed E-state index contributed by atoms with van der Waals surface area (Å²) in [6.45, 7) is 6.88. The maximum Gasteiger partial charge on any atom is 0.352 e. The van der Waals surface area contributed by atoms with Gasteiger partial charge in [0.25, 0.3) is 0 Å². The molecule has 1 aromatic carbocycles. The van der Waals surface area contributed by atoms with Crippen LogP contribution < -0.4 is 15.4 Å². The van der Waals surface area contributed by atoms with Crippen molar-refractivity contribution in [2.24, 2.45) is 0 Å². The number of aliphatic hydroxyl groups is 1. The number of aromatic hydroxyl groups is 1. The van der Waals surface area contributed by atoms with Crippen LogP contribution >= 0.6 is 0 Å². The number of benzene rings is 1. The van der Waals surface area contributed by atoms with Gasteiger partial charge in [0, 0.05) is 24.6 Å². The average molecular weight is 558 g/mol. The summed E-state index contributed by atoms with van der Waals surface area (Å²) in [7, 11) is 1.96. The Hall–Kier alpha value is -3.15. The van der Waals surface area contributed by atoms with E-state index in [9.17, 15) is 24.6 Å². The van der Waals surface area contributed by atoms with E-state index >= 15 is 0 Å². The van der Waals surface area contributed by atoms with Crippen LogP contribution in [0.15, 0.2) is 24.0 Å². The number of ether oxygens (including phenoxy) is 3. The fourth-order valence-corrected chi connectivity index (χ4v) is 6.83. The molecule has 40 heavy (non-hydrogen) atoms. The van der Waals surface area contributed by atoms with Crippen LogP contribution in [0.5, 0.6) is 11.5 Å². The Morgan fingerprint density at radius 1 is 1.32 bits per heavy atom. The Morgan fingerprint density at radius 2 is 2.10 bits per heavy atom. The number of hydrogen-bond acceptors (Lipinski definition) is 10. The lowest BCUT2D eigenvalue weighted by Gasteiger charge is -2.58. The molecule has 0 radical (unpaired) electrons. The van der Waals surface area contributed by atoms with Gasteiger partial charge in [0.15, 0.2) is 23.7 Å². The van der Waals surface area contributed by atoms with E-state index in [-0.39, 0.29) is 48.9 Å². The number of phenolic OH excluding ortho intramolecular Hbond substituents is 1. The third kappa shape index (κ3) is 4.53. The highest BCUT2D eigenvalue weighted by atomic mass is 16.6. The van der Waals surface area contributed by atoms with Crippen molar-refractivity contribution in [1.29, 1.82) is 0 Å². The highest BCUT2D eigenvalue weighted by Crippen LogP contribution is 2.62. The van der Waals surface area contributed by atoms with E-state index in [2.05, 4.69) is 15.5 Å². The van der Waals surface area contributed by atoms with Crippen LogP contribution in [0.25, 0.3) is 0 Å². The maximum atomic E-state index is 13.1. The van der Waals surface area contributed by atoms with Crippen LogP contribution in [0.3, 0.4) is 0 Å². The van der Waals surface area contributed by atoms with E-state index in [4.69, 9.17) is 14.2 Å². The maximum absolute atomic E-state index is 13.1. The Bertz CT molecular complexity index is 1230. The molecule has 0 unspecified atom stereocenters. The number of phenols is 1. The zero-order chi connectivity index (χ0) is 28.8. The van der Waals surface area contributed by atoms with Gasteiger partial charge in [0.05, 0.1) is 23.5 Å². The van der Waals surface area contributed by atoms with Crippen LogP contribution in [0.2, 0.25) is 0 Å². The van der Waals surface area contributed by atoms with Crippen molar-refractivity contribution >= 4 is 17.8 Å². The largest absolute Gasteiger partial charge is 0.504 e. The number of carbonyl (C=O) groups is 3. The minimum Gasteiger partial charge on any atom is -0.504 e. The number of piperidine rings is 1. The first-order valence-corrected chi connectivity index (χ1v) is 14.0. The van der Waals surface area contributed by atoms with Crippen molar-refractivity contribution < 1.29 is 38.8 Å². The number of esters is 2. The molecule has 1 aromatic rings. The smallest absolute Gasteiger partial charge is 0.352 e. The predicted octanol–water partition coefficient (Wildman–Crippen LogP) is 1.18. The van der Waals surface area contributed by atoms with Crippen molar-refractivity contribution in [3.63, 3.8) is 0 Å². The summed E-state index contributed by atoms with van der Waals surface area (Å²) >= 11 is 0. The van der Waals surface area contributed by atoms with Crippen molar-refractivity contribution in [3.8, 4) is 11.5 Å². The average Bonchev–Trinajstić information content (AvgIpc) is 3.58. The zero-order valence-corrected chi connectivity index (χ0v) is 23.5. The summed E-state index contributed by atoms with van der Waals surface area (Å²) in [6, 6.07) is 2.88. The van der Waals surface area contributed by atoms with E-state index in [1.807, 2.05) is 20.9 Å². The minimum absolute atomic E-state index is 0.0397. The Labute approximate surface area is 233 Å². The topological polar surface area (TPSA) is 147 Å². The van der Waals surface area contributed by atoms with E-state index in [0.717, 1.165) is 30.5 Å². The molecule has 11 heteroatoms. The first-order valence-electron chi connectivity index (χ1n) is 14.0. The molecule has 1 spiro atoms. The number of aryl methyl sites for hydroxylation is 1. The number of carbonyl (C=O) groups excluding carboxylic acids is 3. The second kappa shape index (κ2) is 10.7. The van der Waals surface area contributed by atoms with Crippen LogP contribution in [0, 0.1) is 6.92 Å². The Balaban J connectivity index is 1.29. The SMILES string of the molecule is Cc1ccc(O)c2c1[C@]13CCN(C)[C@H](C)[C@]1(O)CC=C(OC(=O)[C@H](C)OC(=O)CCNC(=O)[C@@H]1CCCN1)[C@@H]3O2. The van der Waals surface area contributed by atoms with Gasteiger partial charge < -0.3 is 40.0 Å². The first-order chi connectivity index (χ1) is 19.0. The van der Waals surface area contributed by atoms with Gasteiger partial charge in [-0.25, -0.2) is 4.79 Å². The molecule has 2 fully saturated rings. The monoisotopic (exact) mass is 557 g/mol. The van der Waals surface area contributed by atoms with Crippen LogP contribution in [-0.4, -0.2) is 89.5 Å². The molecule has 0 aromatic heterocycles. The molecular formula is C29H39N3O8. The van der Waals surface area contributed by atoms with Crippen molar-refractivity contribution in [2.45, 2.75) is 88.2 Å². The molecule has 3 heterocycles. The first kappa shape index (κ1) is 28.4. The van der Waals surface area contributed by atoms with Gasteiger partial charge in [-0.1, -0.05) is 6.07 Å². The van der Waals surface area contributed by atoms with Crippen molar-refractivity contribution in [1.82, 2.24) is 15.5 Å². The van der Waals surface area contributed by atoms with Gasteiger partial charge >= 0.3 is 11.9 Å². The molecule has 3 aliphatic heterocycles. The summed E-state index contributed by atoms with van der Waals surface area (Å²) in [5.74, 6) is -1.10. The van der Waals surface area contributed by atoms with E-state index in [0.29, 0.717) is 18.7 Å². The molecule has 5 rings (SSSR count). The minimum atomic E-state index is -1.25. The summed E-state index contributed by atoms with van der Waals surface area (Å²) in [6.07, 6.45) is 1.95. The highest BCUT2D eigenvalue weighted by Gasteiger charge is 2.69. The standard InChI is InChI=1S/C29H39N3O8/c1-16-7-8-20(33)24-23(16)28-12-15-32(4)18(3)29(28,37)11-9-21(25(28)40-24)39-27(36)17(2)38-22(34)10-14-31-26(35)19-6-5-13-30-19/h7-9,17-19,25,30,33,37H,5-6,10-15H2,1-4H3,(H,31,35)/t17-,18+,19-,25-,28-,29+/m0/s1. The third-order valence-corrected chi connectivity index (χ3v) is 9.19. The summed E-state index contributed by atoms with van der Waals surface area (Å²) in [5, 5.41) is 28.7. The molecule has 0 saturated carbocycles. The number of likely N-dealkylation sites (tertiary alicyclic amines) is 1. The molecule has 2 saturated heterocycles. The fraction of sp³-hybridized carbons (Fsp3) is 0.621. The van der Waals surface area contributed by atoms with E-state index in [1.165, 1.54) is 6.92 Å². The lowest BCUT2D eigenvalue weighted by molar-refractivity contribution is -0.171. The predicted molar refractivity (Wildman–Crippen MR) is 144 cm³/mol. The summed E-state index contributed by atoms with van der Waals surface area (Å²) in [5.41, 5.74) is -0.596. The number of amides is 1. The lowest BCUT2D eigenvalue weighted by Crippen LogP contribution is -2.71. The number of nitrogens with zero attached hydrogens (tertiary/aromatic N) is 1. The number of nitrogens with one attached hydrogen (secondary N) is 2. The molecule has 1 amide bonds. The van der Waals surface area contributed by atoms with Gasteiger partial charge in [0.1, 0.15) is 5.76 Å². The molecule has 11 nitrogen and oxygen atoms in total. The number of fused-ring (bicyclic) bond motifs is 1. The van der Waals surface area contributed by atoms with Crippen molar-refractivity contribution in [2.75, 3.05) is 26.7 Å². The van der Waals surface area contributed by atoms with Crippen LogP contribution in [0.4, 0.5) is 0 Å². The van der Waals surface area contributed by atoms with Gasteiger partial charge in [0.2, 0.25) is 5.91 Å². The molecule has 218 valence electrons. The summed E-state index contributed by atoms with van der Waals surface area (Å²) < 4.78 is 17.4. The van der Waals surface area contributed by atoms with Gasteiger partial charge in [-0.3, -0.25) is 9.59 Å².